The van der Waals surface area contributed by atoms with Gasteiger partial charge >= 0.3 is 0 Å². The maximum absolute atomic E-state index is 14.9. The Morgan fingerprint density at radius 2 is 1.70 bits per heavy atom. The van der Waals surface area contributed by atoms with Crippen LogP contribution in [0.25, 0.3) is 5.57 Å². The average Bonchev–Trinajstić information content (AvgIpc) is 2.91. The standard InChI is InChI=1S/C32H38F4O/c1-3-4-5-20-37-28-19-18-27(31(35)32(28)36)24-13-8-22(9-14-24)10-15-25-16-17-26(30(34)29(25)33)23-11-6-21(2)7-12-23/h3,11,16-19,21-22,24H,1,4-10,12-15,20H2,2H3. The molecule has 0 N–H and O–H groups in total. The summed E-state index contributed by atoms with van der Waals surface area (Å²) in [6.07, 6.45) is 12.4. The first kappa shape index (κ1) is 27.5. The van der Waals surface area contributed by atoms with Gasteiger partial charge in [0.15, 0.2) is 23.2 Å². The van der Waals surface area contributed by atoms with Crippen molar-refractivity contribution in [1.29, 1.82) is 0 Å². The van der Waals surface area contributed by atoms with E-state index in [4.69, 9.17) is 4.74 Å². The molecule has 0 saturated heterocycles. The van der Waals surface area contributed by atoms with Crippen LogP contribution in [0.5, 0.6) is 5.75 Å². The summed E-state index contributed by atoms with van der Waals surface area (Å²) in [4.78, 5) is 0. The first-order valence-electron chi connectivity index (χ1n) is 13.8. The Labute approximate surface area is 218 Å². The van der Waals surface area contributed by atoms with Gasteiger partial charge in [0.1, 0.15) is 0 Å². The molecule has 2 aliphatic carbocycles. The Morgan fingerprint density at radius 1 is 0.919 bits per heavy atom. The molecule has 2 aromatic rings. The van der Waals surface area contributed by atoms with Crippen LogP contribution in [0.4, 0.5) is 17.6 Å². The fourth-order valence-corrected chi connectivity index (χ4v) is 5.75. The summed E-state index contributed by atoms with van der Waals surface area (Å²) >= 11 is 0. The molecule has 1 nitrogen and oxygen atoms in total. The van der Waals surface area contributed by atoms with Crippen LogP contribution in [0.3, 0.4) is 0 Å². The Morgan fingerprint density at radius 3 is 2.41 bits per heavy atom. The van der Waals surface area contributed by atoms with Gasteiger partial charge in [-0.05, 0) is 111 Å². The van der Waals surface area contributed by atoms with Gasteiger partial charge in [-0.25, -0.2) is 13.2 Å². The molecule has 2 aromatic carbocycles. The summed E-state index contributed by atoms with van der Waals surface area (Å²) in [5.74, 6) is -2.33. The normalized spacial score (nSPS) is 22.0. The van der Waals surface area contributed by atoms with Crippen molar-refractivity contribution < 1.29 is 22.3 Å². The topological polar surface area (TPSA) is 9.23 Å². The number of hydrogen-bond donors (Lipinski definition) is 0. The van der Waals surface area contributed by atoms with Gasteiger partial charge in [0.05, 0.1) is 6.61 Å². The Balaban J connectivity index is 1.30. The van der Waals surface area contributed by atoms with Crippen LogP contribution in [-0.2, 0) is 6.42 Å². The zero-order valence-electron chi connectivity index (χ0n) is 21.8. The van der Waals surface area contributed by atoms with Crippen LogP contribution in [0.1, 0.15) is 93.7 Å². The smallest absolute Gasteiger partial charge is 0.200 e. The van der Waals surface area contributed by atoms with E-state index in [2.05, 4.69) is 13.5 Å². The highest BCUT2D eigenvalue weighted by molar-refractivity contribution is 5.67. The SMILES string of the molecule is C=CCCCOc1ccc(C2CCC(CCc3ccc(C4=CCC(C)CC4)c(F)c3F)CC2)c(F)c1F. The van der Waals surface area contributed by atoms with Crippen LogP contribution >= 0.6 is 0 Å². The van der Waals surface area contributed by atoms with Crippen molar-refractivity contribution in [2.24, 2.45) is 11.8 Å². The number of aryl methyl sites for hydroxylation is 1. The molecule has 0 amide bonds. The quantitative estimate of drug-likeness (QED) is 0.174. The van der Waals surface area contributed by atoms with Crippen molar-refractivity contribution in [3.63, 3.8) is 0 Å². The summed E-state index contributed by atoms with van der Waals surface area (Å²) in [7, 11) is 0. The third-order valence-electron chi connectivity index (χ3n) is 8.18. The third-order valence-corrected chi connectivity index (χ3v) is 8.18. The van der Waals surface area contributed by atoms with E-state index >= 15 is 0 Å². The lowest BCUT2D eigenvalue weighted by Gasteiger charge is -2.29. The lowest BCUT2D eigenvalue weighted by atomic mass is 9.76. The number of benzene rings is 2. The van der Waals surface area contributed by atoms with Gasteiger partial charge in [0.25, 0.3) is 0 Å². The average molecular weight is 515 g/mol. The molecular weight excluding hydrogens is 476 g/mol. The molecule has 5 heteroatoms. The van der Waals surface area contributed by atoms with Gasteiger partial charge in [-0.1, -0.05) is 37.3 Å². The van der Waals surface area contributed by atoms with Crippen molar-refractivity contribution in [3.8, 4) is 5.75 Å². The van der Waals surface area contributed by atoms with Crippen molar-refractivity contribution in [3.05, 3.63) is 83.0 Å². The lowest BCUT2D eigenvalue weighted by molar-refractivity contribution is 0.284. The summed E-state index contributed by atoms with van der Waals surface area (Å²) < 4.78 is 64.5. The Kier molecular flexibility index (Phi) is 9.50. The fraction of sp³-hybridized carbons (Fsp3) is 0.500. The summed E-state index contributed by atoms with van der Waals surface area (Å²) in [6.45, 7) is 6.13. The molecule has 0 radical (unpaired) electrons. The molecule has 0 heterocycles. The van der Waals surface area contributed by atoms with Crippen LogP contribution in [0, 0.1) is 35.1 Å². The molecule has 37 heavy (non-hydrogen) atoms. The summed E-state index contributed by atoms with van der Waals surface area (Å²) in [5, 5.41) is 0. The minimum Gasteiger partial charge on any atom is -0.490 e. The number of unbranched alkanes of at least 4 members (excludes halogenated alkanes) is 1. The van der Waals surface area contributed by atoms with E-state index in [1.165, 1.54) is 6.07 Å². The van der Waals surface area contributed by atoms with Crippen molar-refractivity contribution >= 4 is 5.57 Å². The lowest BCUT2D eigenvalue weighted by Crippen LogP contribution is -2.16. The maximum Gasteiger partial charge on any atom is 0.200 e. The van der Waals surface area contributed by atoms with Crippen molar-refractivity contribution in [2.75, 3.05) is 6.61 Å². The fourth-order valence-electron chi connectivity index (χ4n) is 5.75. The molecule has 0 bridgehead atoms. The molecule has 0 aliphatic heterocycles. The van der Waals surface area contributed by atoms with E-state index in [0.29, 0.717) is 48.0 Å². The maximum atomic E-state index is 14.9. The van der Waals surface area contributed by atoms with Crippen LogP contribution in [0.15, 0.2) is 43.0 Å². The zero-order valence-corrected chi connectivity index (χ0v) is 21.8. The van der Waals surface area contributed by atoms with Crippen LogP contribution in [-0.4, -0.2) is 6.61 Å². The summed E-state index contributed by atoms with van der Waals surface area (Å²) in [5.41, 5.74) is 2.14. The van der Waals surface area contributed by atoms with Gasteiger partial charge in [0, 0.05) is 5.56 Å². The number of allylic oxidation sites excluding steroid dienone is 3. The first-order chi connectivity index (χ1) is 17.9. The molecule has 1 fully saturated rings. The number of rotatable bonds is 10. The molecule has 1 unspecified atom stereocenters. The Hall–Kier alpha value is -2.56. The highest BCUT2D eigenvalue weighted by Gasteiger charge is 2.27. The monoisotopic (exact) mass is 514 g/mol. The molecule has 2 aliphatic rings. The number of ether oxygens (including phenoxy) is 1. The van der Waals surface area contributed by atoms with Crippen LogP contribution < -0.4 is 4.74 Å². The largest absolute Gasteiger partial charge is 0.490 e. The highest BCUT2D eigenvalue weighted by Crippen LogP contribution is 2.40. The summed E-state index contributed by atoms with van der Waals surface area (Å²) in [6, 6.07) is 6.64. The molecule has 200 valence electrons. The zero-order chi connectivity index (χ0) is 26.4. The van der Waals surface area contributed by atoms with E-state index in [-0.39, 0.29) is 11.7 Å². The minimum atomic E-state index is -0.919. The molecule has 1 saturated carbocycles. The molecule has 0 spiro atoms. The first-order valence-corrected chi connectivity index (χ1v) is 13.8. The molecule has 0 aromatic heterocycles. The van der Waals surface area contributed by atoms with Gasteiger partial charge in [0.2, 0.25) is 5.82 Å². The second-order valence-corrected chi connectivity index (χ2v) is 10.8. The predicted molar refractivity (Wildman–Crippen MR) is 142 cm³/mol. The van der Waals surface area contributed by atoms with Gasteiger partial charge in [-0.15, -0.1) is 6.58 Å². The van der Waals surface area contributed by atoms with Gasteiger partial charge < -0.3 is 4.74 Å². The van der Waals surface area contributed by atoms with Gasteiger partial charge in [-0.3, -0.25) is 0 Å². The van der Waals surface area contributed by atoms with E-state index < -0.39 is 23.3 Å². The second kappa shape index (κ2) is 12.8. The van der Waals surface area contributed by atoms with E-state index in [1.807, 2.05) is 6.08 Å². The predicted octanol–water partition coefficient (Wildman–Crippen LogP) is 9.70. The second-order valence-electron chi connectivity index (χ2n) is 10.8. The number of halogens is 4. The van der Waals surface area contributed by atoms with E-state index in [0.717, 1.165) is 63.4 Å². The third kappa shape index (κ3) is 6.66. The molecule has 4 rings (SSSR count). The van der Waals surface area contributed by atoms with Crippen molar-refractivity contribution in [1.82, 2.24) is 0 Å². The minimum absolute atomic E-state index is 0.0412. The molecule has 1 atom stereocenters. The van der Waals surface area contributed by atoms with Crippen molar-refractivity contribution in [2.45, 2.75) is 83.5 Å². The van der Waals surface area contributed by atoms with E-state index in [9.17, 15) is 17.6 Å². The van der Waals surface area contributed by atoms with E-state index in [1.54, 1.807) is 24.3 Å². The molecular formula is C32H38F4O. The Bertz CT molecular complexity index is 1110. The van der Waals surface area contributed by atoms with Gasteiger partial charge in [-0.2, -0.15) is 4.39 Å². The highest BCUT2D eigenvalue weighted by atomic mass is 19.2. The number of hydrogen-bond acceptors (Lipinski definition) is 1. The van der Waals surface area contributed by atoms with Crippen LogP contribution in [0.2, 0.25) is 0 Å².